The van der Waals surface area contributed by atoms with Gasteiger partial charge in [0.2, 0.25) is 11.8 Å². The zero-order valence-corrected chi connectivity index (χ0v) is 15.9. The van der Waals surface area contributed by atoms with Gasteiger partial charge in [0.15, 0.2) is 5.16 Å². The summed E-state index contributed by atoms with van der Waals surface area (Å²) in [6.07, 6.45) is 3.63. The van der Waals surface area contributed by atoms with Crippen LogP contribution in [0.15, 0.2) is 72.1 Å². The molecule has 1 fully saturated rings. The number of likely N-dealkylation sites (tertiary alicyclic amines) is 1. The van der Waals surface area contributed by atoms with E-state index in [4.69, 9.17) is 0 Å². The van der Waals surface area contributed by atoms with Crippen LogP contribution in [-0.2, 0) is 16.1 Å². The van der Waals surface area contributed by atoms with Gasteiger partial charge in [-0.1, -0.05) is 48.2 Å². The normalized spacial score (nSPS) is 16.6. The van der Waals surface area contributed by atoms with Crippen molar-refractivity contribution in [3.05, 3.63) is 72.6 Å². The highest BCUT2D eigenvalue weighted by molar-refractivity contribution is 7.99. The number of imide groups is 1. The van der Waals surface area contributed by atoms with E-state index in [1.165, 1.54) is 16.7 Å². The lowest BCUT2D eigenvalue weighted by Crippen LogP contribution is -2.30. The van der Waals surface area contributed by atoms with E-state index < -0.39 is 0 Å². The zero-order chi connectivity index (χ0) is 19.3. The standard InChI is InChI=1S/C21H18N4O2S/c26-19-12-16(20(27)25(19)13-15-6-2-1-3-7-15)14-28-21-23-11-9-18(24-21)17-8-4-5-10-22-17/h1-11,16H,12-14H2. The average molecular weight is 390 g/mol. The molecule has 0 N–H and O–H groups in total. The van der Waals surface area contributed by atoms with Crippen LogP contribution in [-0.4, -0.2) is 37.4 Å². The zero-order valence-electron chi connectivity index (χ0n) is 15.1. The van der Waals surface area contributed by atoms with Crippen LogP contribution in [0, 0.1) is 5.92 Å². The van der Waals surface area contributed by atoms with Crippen molar-refractivity contribution in [2.45, 2.75) is 18.1 Å². The maximum atomic E-state index is 12.7. The largest absolute Gasteiger partial charge is 0.278 e. The lowest BCUT2D eigenvalue weighted by Gasteiger charge is -2.14. The highest BCUT2D eigenvalue weighted by atomic mass is 32.2. The number of rotatable bonds is 6. The van der Waals surface area contributed by atoms with Gasteiger partial charge < -0.3 is 0 Å². The van der Waals surface area contributed by atoms with E-state index in [0.29, 0.717) is 17.5 Å². The third kappa shape index (κ3) is 4.09. The van der Waals surface area contributed by atoms with Crippen LogP contribution in [0.5, 0.6) is 0 Å². The van der Waals surface area contributed by atoms with Gasteiger partial charge in [0.25, 0.3) is 0 Å². The summed E-state index contributed by atoms with van der Waals surface area (Å²) in [6, 6.07) is 17.0. The Bertz CT molecular complexity index is 982. The minimum atomic E-state index is -0.344. The smallest absolute Gasteiger partial charge is 0.233 e. The van der Waals surface area contributed by atoms with Crippen molar-refractivity contribution in [3.63, 3.8) is 0 Å². The third-order valence-electron chi connectivity index (χ3n) is 4.50. The Morgan fingerprint density at radius 2 is 1.75 bits per heavy atom. The molecule has 0 saturated carbocycles. The number of aromatic nitrogens is 3. The van der Waals surface area contributed by atoms with Gasteiger partial charge in [-0.3, -0.25) is 19.5 Å². The molecule has 140 valence electrons. The minimum absolute atomic E-state index is 0.123. The number of amides is 2. The van der Waals surface area contributed by atoms with E-state index in [1.54, 1.807) is 18.5 Å². The fourth-order valence-corrected chi connectivity index (χ4v) is 3.97. The molecule has 3 aromatic rings. The van der Waals surface area contributed by atoms with Crippen molar-refractivity contribution in [3.8, 4) is 11.4 Å². The first-order chi connectivity index (χ1) is 13.7. The van der Waals surface area contributed by atoms with Gasteiger partial charge in [0.1, 0.15) is 0 Å². The van der Waals surface area contributed by atoms with E-state index in [1.807, 2.05) is 48.5 Å². The molecule has 1 aliphatic heterocycles. The molecule has 0 radical (unpaired) electrons. The molecule has 1 aromatic carbocycles. The summed E-state index contributed by atoms with van der Waals surface area (Å²) in [5.41, 5.74) is 2.45. The van der Waals surface area contributed by atoms with Gasteiger partial charge in [0, 0.05) is 24.6 Å². The van der Waals surface area contributed by atoms with Gasteiger partial charge in [-0.15, -0.1) is 0 Å². The Morgan fingerprint density at radius 1 is 0.929 bits per heavy atom. The van der Waals surface area contributed by atoms with Gasteiger partial charge in [0.05, 0.1) is 23.9 Å². The van der Waals surface area contributed by atoms with Crippen LogP contribution < -0.4 is 0 Å². The van der Waals surface area contributed by atoms with Crippen LogP contribution in [0.2, 0.25) is 0 Å². The molecule has 1 atom stereocenters. The Kier molecular flexibility index (Phi) is 5.43. The van der Waals surface area contributed by atoms with Crippen molar-refractivity contribution in [2.24, 2.45) is 5.92 Å². The number of carbonyl (C=O) groups is 2. The summed E-state index contributed by atoms with van der Waals surface area (Å²) >= 11 is 1.39. The fourth-order valence-electron chi connectivity index (χ4n) is 3.06. The van der Waals surface area contributed by atoms with Crippen LogP contribution in [0.3, 0.4) is 0 Å². The van der Waals surface area contributed by atoms with Crippen LogP contribution in [0.1, 0.15) is 12.0 Å². The first-order valence-corrected chi connectivity index (χ1v) is 9.94. The van der Waals surface area contributed by atoms with E-state index >= 15 is 0 Å². The van der Waals surface area contributed by atoms with Crippen molar-refractivity contribution >= 4 is 23.6 Å². The molecular formula is C21H18N4O2S. The Morgan fingerprint density at radius 3 is 2.54 bits per heavy atom. The topological polar surface area (TPSA) is 76.0 Å². The monoisotopic (exact) mass is 390 g/mol. The van der Waals surface area contributed by atoms with E-state index in [2.05, 4.69) is 15.0 Å². The highest BCUT2D eigenvalue weighted by Crippen LogP contribution is 2.28. The van der Waals surface area contributed by atoms with Crippen molar-refractivity contribution in [1.82, 2.24) is 19.9 Å². The molecule has 2 aromatic heterocycles. The summed E-state index contributed by atoms with van der Waals surface area (Å²) < 4.78 is 0. The molecule has 1 saturated heterocycles. The first kappa shape index (κ1) is 18.3. The van der Waals surface area contributed by atoms with Gasteiger partial charge >= 0.3 is 0 Å². The first-order valence-electron chi connectivity index (χ1n) is 8.96. The second kappa shape index (κ2) is 8.31. The predicted molar refractivity (Wildman–Crippen MR) is 106 cm³/mol. The summed E-state index contributed by atoms with van der Waals surface area (Å²) in [5.74, 6) is -0.116. The Hall–Kier alpha value is -3.06. The molecule has 7 heteroatoms. The molecule has 28 heavy (non-hydrogen) atoms. The Labute approximate surface area is 167 Å². The van der Waals surface area contributed by atoms with E-state index in [0.717, 1.165) is 17.0 Å². The SMILES string of the molecule is O=C1CC(CSc2nccc(-c3ccccn3)n2)C(=O)N1Cc1ccccc1. The van der Waals surface area contributed by atoms with Crippen LogP contribution in [0.25, 0.3) is 11.4 Å². The minimum Gasteiger partial charge on any atom is -0.278 e. The fraction of sp³-hybridized carbons (Fsp3) is 0.190. The molecule has 6 nitrogen and oxygen atoms in total. The third-order valence-corrected chi connectivity index (χ3v) is 5.52. The van der Waals surface area contributed by atoms with E-state index in [-0.39, 0.29) is 24.2 Å². The summed E-state index contributed by atoms with van der Waals surface area (Å²) in [7, 11) is 0. The number of hydrogen-bond acceptors (Lipinski definition) is 6. The second-order valence-corrected chi connectivity index (χ2v) is 7.44. The predicted octanol–water partition coefficient (Wildman–Crippen LogP) is 3.21. The number of thioether (sulfide) groups is 1. The molecule has 2 amide bonds. The van der Waals surface area contributed by atoms with Crippen LogP contribution >= 0.6 is 11.8 Å². The molecule has 3 heterocycles. The highest BCUT2D eigenvalue weighted by Gasteiger charge is 2.38. The van der Waals surface area contributed by atoms with Gasteiger partial charge in [-0.2, -0.15) is 0 Å². The lowest BCUT2D eigenvalue weighted by molar-refractivity contribution is -0.139. The van der Waals surface area contributed by atoms with Gasteiger partial charge in [-0.05, 0) is 23.8 Å². The number of benzene rings is 1. The maximum absolute atomic E-state index is 12.7. The number of pyridine rings is 1. The molecule has 0 spiro atoms. The molecule has 0 bridgehead atoms. The van der Waals surface area contributed by atoms with Crippen molar-refractivity contribution in [1.29, 1.82) is 0 Å². The number of carbonyl (C=O) groups excluding carboxylic acids is 2. The molecule has 0 aliphatic carbocycles. The molecule has 4 rings (SSSR count). The summed E-state index contributed by atoms with van der Waals surface area (Å²) in [6.45, 7) is 0.325. The second-order valence-electron chi connectivity index (χ2n) is 6.46. The average Bonchev–Trinajstić information content (AvgIpc) is 3.01. The van der Waals surface area contributed by atoms with Crippen molar-refractivity contribution < 1.29 is 9.59 Å². The molecule has 1 aliphatic rings. The lowest BCUT2D eigenvalue weighted by atomic mass is 10.1. The van der Waals surface area contributed by atoms with E-state index in [9.17, 15) is 9.59 Å². The molecule has 1 unspecified atom stereocenters. The van der Waals surface area contributed by atoms with Gasteiger partial charge in [-0.25, -0.2) is 9.97 Å². The summed E-state index contributed by atoms with van der Waals surface area (Å²) in [4.78, 5) is 39.4. The number of nitrogens with zero attached hydrogens (tertiary/aromatic N) is 4. The summed E-state index contributed by atoms with van der Waals surface area (Å²) in [5, 5.41) is 0.574. The Balaban J connectivity index is 1.40. The van der Waals surface area contributed by atoms with Crippen molar-refractivity contribution in [2.75, 3.05) is 5.75 Å². The quantitative estimate of drug-likeness (QED) is 0.365. The van der Waals surface area contributed by atoms with Crippen LogP contribution in [0.4, 0.5) is 0 Å². The number of hydrogen-bond donors (Lipinski definition) is 0. The molecular weight excluding hydrogens is 372 g/mol. The maximum Gasteiger partial charge on any atom is 0.233 e.